The Hall–Kier alpha value is -1.10. The number of rotatable bonds is 7. The lowest BCUT2D eigenvalue weighted by atomic mass is 10.2. The molecule has 0 aromatic rings. The zero-order chi connectivity index (χ0) is 11.8. The van der Waals surface area contributed by atoms with Crippen LogP contribution in [0.1, 0.15) is 33.1 Å². The van der Waals surface area contributed by atoms with Crippen molar-refractivity contribution in [1.82, 2.24) is 0 Å². The van der Waals surface area contributed by atoms with E-state index < -0.39 is 18.0 Å². The molecule has 2 atom stereocenters. The summed E-state index contributed by atoms with van der Waals surface area (Å²) in [5.41, 5.74) is 0. The number of carbonyl (C=O) groups is 2. The standard InChI is InChI=1S/C10H18O5/c1-4-7(2)15-10(13)8(14-3)5-6-9(11)12/h7-8H,4-6H2,1-3H3,(H,11,12). The number of carboxylic acids is 1. The highest BCUT2D eigenvalue weighted by Gasteiger charge is 2.21. The van der Waals surface area contributed by atoms with Crippen LogP contribution in [-0.4, -0.2) is 36.4 Å². The van der Waals surface area contributed by atoms with Crippen LogP contribution in [0.3, 0.4) is 0 Å². The third-order valence-electron chi connectivity index (χ3n) is 2.06. The fourth-order valence-corrected chi connectivity index (χ4v) is 0.944. The van der Waals surface area contributed by atoms with E-state index in [0.717, 1.165) is 6.42 Å². The molecule has 0 spiro atoms. The van der Waals surface area contributed by atoms with Crippen LogP contribution >= 0.6 is 0 Å². The molecule has 2 unspecified atom stereocenters. The third-order valence-corrected chi connectivity index (χ3v) is 2.06. The number of carbonyl (C=O) groups excluding carboxylic acids is 1. The molecule has 0 saturated heterocycles. The van der Waals surface area contributed by atoms with Gasteiger partial charge in [0.2, 0.25) is 0 Å². The average molecular weight is 218 g/mol. The van der Waals surface area contributed by atoms with E-state index in [4.69, 9.17) is 14.6 Å². The SMILES string of the molecule is CCC(C)OC(=O)C(CCC(=O)O)OC. The van der Waals surface area contributed by atoms with Crippen molar-refractivity contribution in [2.75, 3.05) is 7.11 Å². The monoisotopic (exact) mass is 218 g/mol. The van der Waals surface area contributed by atoms with Gasteiger partial charge in [-0.1, -0.05) is 6.92 Å². The summed E-state index contributed by atoms with van der Waals surface area (Å²) in [6.07, 6.45) is -0.189. The largest absolute Gasteiger partial charge is 0.481 e. The van der Waals surface area contributed by atoms with Crippen molar-refractivity contribution in [1.29, 1.82) is 0 Å². The molecule has 1 N–H and O–H groups in total. The summed E-state index contributed by atoms with van der Waals surface area (Å²) in [6.45, 7) is 3.68. The van der Waals surface area contributed by atoms with Crippen LogP contribution in [0.4, 0.5) is 0 Å². The highest BCUT2D eigenvalue weighted by atomic mass is 16.6. The first-order valence-electron chi connectivity index (χ1n) is 4.96. The zero-order valence-electron chi connectivity index (χ0n) is 9.36. The molecule has 0 amide bonds. The first kappa shape index (κ1) is 13.9. The molecule has 0 aromatic heterocycles. The number of ether oxygens (including phenoxy) is 2. The van der Waals surface area contributed by atoms with E-state index in [1.165, 1.54) is 7.11 Å². The number of carboxylic acid groups (broad SMARTS) is 1. The number of hydrogen-bond donors (Lipinski definition) is 1. The fraction of sp³-hybridized carbons (Fsp3) is 0.800. The molecule has 0 heterocycles. The molecule has 0 saturated carbocycles. The molecule has 0 aliphatic carbocycles. The Morgan fingerprint density at radius 1 is 1.40 bits per heavy atom. The summed E-state index contributed by atoms with van der Waals surface area (Å²) in [5, 5.41) is 8.46. The quantitative estimate of drug-likeness (QED) is 0.650. The van der Waals surface area contributed by atoms with Gasteiger partial charge in [0.15, 0.2) is 6.10 Å². The number of aliphatic carboxylic acids is 1. The molecule has 0 aromatic carbocycles. The summed E-state index contributed by atoms with van der Waals surface area (Å²) in [5.74, 6) is -1.44. The van der Waals surface area contributed by atoms with E-state index in [2.05, 4.69) is 0 Å². The van der Waals surface area contributed by atoms with Gasteiger partial charge in [-0.15, -0.1) is 0 Å². The lowest BCUT2D eigenvalue weighted by molar-refractivity contribution is -0.161. The average Bonchev–Trinajstić information content (AvgIpc) is 2.18. The van der Waals surface area contributed by atoms with Gasteiger partial charge in [0.05, 0.1) is 6.10 Å². The van der Waals surface area contributed by atoms with Crippen LogP contribution in [0.2, 0.25) is 0 Å². The summed E-state index contributed by atoms with van der Waals surface area (Å²) in [6, 6.07) is 0. The van der Waals surface area contributed by atoms with Gasteiger partial charge in [-0.3, -0.25) is 4.79 Å². The minimum Gasteiger partial charge on any atom is -0.481 e. The van der Waals surface area contributed by atoms with Gasteiger partial charge >= 0.3 is 11.9 Å². The van der Waals surface area contributed by atoms with Gasteiger partial charge in [0, 0.05) is 13.5 Å². The molecule has 0 radical (unpaired) electrons. The summed E-state index contributed by atoms with van der Waals surface area (Å²) >= 11 is 0. The van der Waals surface area contributed by atoms with Gasteiger partial charge in [0.1, 0.15) is 0 Å². The molecule has 15 heavy (non-hydrogen) atoms. The highest BCUT2D eigenvalue weighted by Crippen LogP contribution is 2.07. The van der Waals surface area contributed by atoms with E-state index >= 15 is 0 Å². The third kappa shape index (κ3) is 6.06. The molecule has 5 heteroatoms. The topological polar surface area (TPSA) is 72.8 Å². The van der Waals surface area contributed by atoms with Crippen molar-refractivity contribution < 1.29 is 24.2 Å². The molecule has 0 bridgehead atoms. The Morgan fingerprint density at radius 2 is 2.00 bits per heavy atom. The number of hydrogen-bond acceptors (Lipinski definition) is 4. The van der Waals surface area contributed by atoms with E-state index in [1.807, 2.05) is 6.92 Å². The highest BCUT2D eigenvalue weighted by molar-refractivity contribution is 5.76. The van der Waals surface area contributed by atoms with E-state index in [9.17, 15) is 9.59 Å². The molecule has 0 fully saturated rings. The summed E-state index contributed by atoms with van der Waals surface area (Å²) in [7, 11) is 1.37. The first-order chi connectivity index (χ1) is 7.01. The smallest absolute Gasteiger partial charge is 0.335 e. The Labute approximate surface area is 89.4 Å². The van der Waals surface area contributed by atoms with E-state index in [-0.39, 0.29) is 18.9 Å². The second-order valence-electron chi connectivity index (χ2n) is 3.31. The predicted octanol–water partition coefficient (Wildman–Crippen LogP) is 1.21. The van der Waals surface area contributed by atoms with Gasteiger partial charge in [-0.25, -0.2) is 4.79 Å². The predicted molar refractivity (Wildman–Crippen MR) is 53.5 cm³/mol. The molecular weight excluding hydrogens is 200 g/mol. The molecule has 88 valence electrons. The van der Waals surface area contributed by atoms with Crippen LogP contribution in [-0.2, 0) is 19.1 Å². The van der Waals surface area contributed by atoms with E-state index in [0.29, 0.717) is 0 Å². The maximum Gasteiger partial charge on any atom is 0.335 e. The number of esters is 1. The van der Waals surface area contributed by atoms with Gasteiger partial charge in [-0.2, -0.15) is 0 Å². The van der Waals surface area contributed by atoms with Crippen LogP contribution in [0.15, 0.2) is 0 Å². The lowest BCUT2D eigenvalue weighted by Gasteiger charge is -2.16. The maximum atomic E-state index is 11.4. The maximum absolute atomic E-state index is 11.4. The Morgan fingerprint density at radius 3 is 2.40 bits per heavy atom. The molecule has 0 aliphatic rings. The van der Waals surface area contributed by atoms with Gasteiger partial charge in [0.25, 0.3) is 0 Å². The van der Waals surface area contributed by atoms with Crippen LogP contribution in [0, 0.1) is 0 Å². The van der Waals surface area contributed by atoms with Crippen LogP contribution in [0.25, 0.3) is 0 Å². The molecular formula is C10H18O5. The van der Waals surface area contributed by atoms with Crippen molar-refractivity contribution in [3.8, 4) is 0 Å². The Balaban J connectivity index is 4.04. The van der Waals surface area contributed by atoms with Crippen LogP contribution in [0.5, 0.6) is 0 Å². The van der Waals surface area contributed by atoms with Crippen molar-refractivity contribution in [3.63, 3.8) is 0 Å². The minimum absolute atomic E-state index is 0.103. The lowest BCUT2D eigenvalue weighted by Crippen LogP contribution is -2.29. The number of methoxy groups -OCH3 is 1. The minimum atomic E-state index is -0.951. The van der Waals surface area contributed by atoms with Gasteiger partial charge in [-0.05, 0) is 19.8 Å². The van der Waals surface area contributed by atoms with Gasteiger partial charge < -0.3 is 14.6 Å². The summed E-state index contributed by atoms with van der Waals surface area (Å²) < 4.78 is 9.90. The Kier molecular flexibility index (Phi) is 6.70. The van der Waals surface area contributed by atoms with E-state index in [1.54, 1.807) is 6.92 Å². The first-order valence-corrected chi connectivity index (χ1v) is 4.96. The second-order valence-corrected chi connectivity index (χ2v) is 3.31. The molecule has 0 aliphatic heterocycles. The Bertz CT molecular complexity index is 214. The van der Waals surface area contributed by atoms with Crippen molar-refractivity contribution in [2.24, 2.45) is 0 Å². The van der Waals surface area contributed by atoms with Crippen molar-refractivity contribution in [2.45, 2.75) is 45.3 Å². The second kappa shape index (κ2) is 7.23. The van der Waals surface area contributed by atoms with Crippen molar-refractivity contribution >= 4 is 11.9 Å². The zero-order valence-corrected chi connectivity index (χ0v) is 9.36. The fourth-order valence-electron chi connectivity index (χ4n) is 0.944. The molecule has 0 rings (SSSR count). The van der Waals surface area contributed by atoms with Crippen LogP contribution < -0.4 is 0 Å². The summed E-state index contributed by atoms with van der Waals surface area (Å²) in [4.78, 5) is 21.7. The van der Waals surface area contributed by atoms with Crippen molar-refractivity contribution in [3.05, 3.63) is 0 Å². The normalized spacial score (nSPS) is 14.3. The molecule has 5 nitrogen and oxygen atoms in total.